The van der Waals surface area contributed by atoms with Crippen molar-refractivity contribution in [3.8, 4) is 0 Å². The Kier molecular flexibility index (Phi) is 4.52. The SMILES string of the molecule is COCc1nc(NN)cc(N2CCC(N(C)C)C2)n1. The molecule has 19 heavy (non-hydrogen) atoms. The van der Waals surface area contributed by atoms with E-state index < -0.39 is 0 Å². The van der Waals surface area contributed by atoms with E-state index >= 15 is 0 Å². The van der Waals surface area contributed by atoms with E-state index in [-0.39, 0.29) is 0 Å². The van der Waals surface area contributed by atoms with Gasteiger partial charge in [-0.3, -0.25) is 0 Å². The number of nitrogens with two attached hydrogens (primary N) is 1. The van der Waals surface area contributed by atoms with Gasteiger partial charge in [0.05, 0.1) is 0 Å². The summed E-state index contributed by atoms with van der Waals surface area (Å²) in [6, 6.07) is 2.44. The molecule has 0 aliphatic carbocycles. The summed E-state index contributed by atoms with van der Waals surface area (Å²) in [6.45, 7) is 2.35. The predicted octanol–water partition coefficient (Wildman–Crippen LogP) is 0.0489. The fourth-order valence-electron chi connectivity index (χ4n) is 2.28. The molecule has 0 amide bonds. The van der Waals surface area contributed by atoms with Gasteiger partial charge in [0.1, 0.15) is 18.2 Å². The molecular weight excluding hydrogens is 244 g/mol. The van der Waals surface area contributed by atoms with Crippen LogP contribution in [0.2, 0.25) is 0 Å². The number of hydrazine groups is 1. The number of nitrogens with zero attached hydrogens (tertiary/aromatic N) is 4. The molecule has 1 atom stereocenters. The van der Waals surface area contributed by atoms with E-state index in [9.17, 15) is 0 Å². The molecule has 2 rings (SSSR count). The van der Waals surface area contributed by atoms with Crippen molar-refractivity contribution in [2.75, 3.05) is 44.6 Å². The monoisotopic (exact) mass is 266 g/mol. The molecule has 1 aromatic heterocycles. The number of anilines is 2. The normalized spacial score (nSPS) is 19.2. The molecular formula is C12H22N6O. The third-order valence-electron chi connectivity index (χ3n) is 3.40. The molecule has 0 radical (unpaired) electrons. The average Bonchev–Trinajstić information content (AvgIpc) is 2.88. The minimum Gasteiger partial charge on any atom is -0.377 e. The zero-order valence-corrected chi connectivity index (χ0v) is 11.8. The summed E-state index contributed by atoms with van der Waals surface area (Å²) in [5.41, 5.74) is 2.58. The van der Waals surface area contributed by atoms with Crippen LogP contribution >= 0.6 is 0 Å². The van der Waals surface area contributed by atoms with Gasteiger partial charge in [-0.25, -0.2) is 15.8 Å². The van der Waals surface area contributed by atoms with Crippen LogP contribution in [0.1, 0.15) is 12.2 Å². The summed E-state index contributed by atoms with van der Waals surface area (Å²) >= 11 is 0. The number of nitrogen functional groups attached to an aromatic ring is 1. The lowest BCUT2D eigenvalue weighted by Crippen LogP contribution is -2.32. The lowest BCUT2D eigenvalue weighted by Gasteiger charge is -2.21. The minimum atomic E-state index is 0.382. The number of aromatic nitrogens is 2. The Balaban J connectivity index is 2.17. The van der Waals surface area contributed by atoms with E-state index in [0.29, 0.717) is 24.3 Å². The number of ether oxygens (including phenoxy) is 1. The molecule has 1 unspecified atom stereocenters. The summed E-state index contributed by atoms with van der Waals surface area (Å²) in [5.74, 6) is 7.61. The second-order valence-corrected chi connectivity index (χ2v) is 4.96. The quantitative estimate of drug-likeness (QED) is 0.576. The highest BCUT2D eigenvalue weighted by Crippen LogP contribution is 2.22. The van der Waals surface area contributed by atoms with E-state index in [1.165, 1.54) is 0 Å². The van der Waals surface area contributed by atoms with E-state index in [4.69, 9.17) is 10.6 Å². The zero-order chi connectivity index (χ0) is 13.8. The molecule has 1 aromatic rings. The molecule has 0 saturated carbocycles. The van der Waals surface area contributed by atoms with Gasteiger partial charge in [-0.2, -0.15) is 0 Å². The van der Waals surface area contributed by atoms with Crippen molar-refractivity contribution in [3.63, 3.8) is 0 Å². The van der Waals surface area contributed by atoms with Crippen LogP contribution in [0.5, 0.6) is 0 Å². The molecule has 1 saturated heterocycles. The van der Waals surface area contributed by atoms with Crippen LogP contribution in [0, 0.1) is 0 Å². The van der Waals surface area contributed by atoms with Crippen LogP contribution < -0.4 is 16.2 Å². The minimum absolute atomic E-state index is 0.382. The van der Waals surface area contributed by atoms with E-state index in [1.807, 2.05) is 6.07 Å². The molecule has 1 aliphatic heterocycles. The van der Waals surface area contributed by atoms with E-state index in [1.54, 1.807) is 7.11 Å². The Bertz CT molecular complexity index is 425. The van der Waals surface area contributed by atoms with Crippen molar-refractivity contribution in [2.24, 2.45) is 5.84 Å². The second kappa shape index (κ2) is 6.14. The van der Waals surface area contributed by atoms with E-state index in [2.05, 4.69) is 39.3 Å². The standard InChI is InChI=1S/C12H22N6O/c1-17(2)9-4-5-18(7-9)12-6-10(16-13)14-11(15-12)8-19-3/h6,9H,4-5,7-8,13H2,1-3H3,(H,14,15,16). The summed E-state index contributed by atoms with van der Waals surface area (Å²) in [7, 11) is 5.85. The zero-order valence-electron chi connectivity index (χ0n) is 11.8. The Morgan fingerprint density at radius 2 is 2.32 bits per heavy atom. The number of methoxy groups -OCH3 is 1. The highest BCUT2D eigenvalue weighted by molar-refractivity contribution is 5.49. The average molecular weight is 266 g/mol. The molecule has 0 spiro atoms. The topological polar surface area (TPSA) is 79.5 Å². The third-order valence-corrected chi connectivity index (χ3v) is 3.40. The summed E-state index contributed by atoms with van der Waals surface area (Å²) in [5, 5.41) is 0. The van der Waals surface area contributed by atoms with Crippen LogP contribution in [-0.2, 0) is 11.3 Å². The second-order valence-electron chi connectivity index (χ2n) is 4.96. The maximum Gasteiger partial charge on any atom is 0.158 e. The summed E-state index contributed by atoms with van der Waals surface area (Å²) in [4.78, 5) is 13.3. The number of nitrogens with one attached hydrogen (secondary N) is 1. The fourth-order valence-corrected chi connectivity index (χ4v) is 2.28. The first-order chi connectivity index (χ1) is 9.13. The molecule has 7 heteroatoms. The van der Waals surface area contributed by atoms with Crippen molar-refractivity contribution < 1.29 is 4.74 Å². The van der Waals surface area contributed by atoms with Gasteiger partial charge in [0, 0.05) is 32.3 Å². The van der Waals surface area contributed by atoms with Crippen LogP contribution in [0.25, 0.3) is 0 Å². The molecule has 106 valence electrons. The molecule has 1 aliphatic rings. The third kappa shape index (κ3) is 3.31. The van der Waals surface area contributed by atoms with Crippen molar-refractivity contribution in [2.45, 2.75) is 19.1 Å². The summed E-state index contributed by atoms with van der Waals surface area (Å²) < 4.78 is 5.08. The molecule has 0 bridgehead atoms. The van der Waals surface area contributed by atoms with Crippen LogP contribution in [-0.4, -0.2) is 55.2 Å². The van der Waals surface area contributed by atoms with E-state index in [0.717, 1.165) is 25.3 Å². The Labute approximate surface area is 113 Å². The van der Waals surface area contributed by atoms with Crippen LogP contribution in [0.15, 0.2) is 6.07 Å². The fraction of sp³-hybridized carbons (Fsp3) is 0.667. The maximum absolute atomic E-state index is 5.45. The Morgan fingerprint density at radius 3 is 2.89 bits per heavy atom. The smallest absolute Gasteiger partial charge is 0.158 e. The number of likely N-dealkylation sites (N-methyl/N-ethyl adjacent to an activating group) is 1. The van der Waals surface area contributed by atoms with Crippen molar-refractivity contribution in [1.82, 2.24) is 14.9 Å². The predicted molar refractivity (Wildman–Crippen MR) is 74.9 cm³/mol. The van der Waals surface area contributed by atoms with Gasteiger partial charge >= 0.3 is 0 Å². The van der Waals surface area contributed by atoms with Crippen molar-refractivity contribution >= 4 is 11.6 Å². The Morgan fingerprint density at radius 1 is 1.53 bits per heavy atom. The number of hydrogen-bond acceptors (Lipinski definition) is 7. The largest absolute Gasteiger partial charge is 0.377 e. The van der Waals surface area contributed by atoms with Crippen LogP contribution in [0.3, 0.4) is 0 Å². The first-order valence-electron chi connectivity index (χ1n) is 6.39. The van der Waals surface area contributed by atoms with Crippen LogP contribution in [0.4, 0.5) is 11.6 Å². The molecule has 7 nitrogen and oxygen atoms in total. The van der Waals surface area contributed by atoms with Gasteiger partial charge in [-0.05, 0) is 20.5 Å². The highest BCUT2D eigenvalue weighted by Gasteiger charge is 2.25. The number of hydrogen-bond donors (Lipinski definition) is 2. The van der Waals surface area contributed by atoms with Crippen molar-refractivity contribution in [1.29, 1.82) is 0 Å². The maximum atomic E-state index is 5.45. The molecule has 2 heterocycles. The van der Waals surface area contributed by atoms with Gasteiger partial charge in [-0.1, -0.05) is 0 Å². The lowest BCUT2D eigenvalue weighted by molar-refractivity contribution is 0.178. The van der Waals surface area contributed by atoms with Gasteiger partial charge in [0.15, 0.2) is 5.82 Å². The first-order valence-corrected chi connectivity index (χ1v) is 6.39. The highest BCUT2D eigenvalue weighted by atomic mass is 16.5. The number of rotatable bonds is 5. The molecule has 3 N–H and O–H groups in total. The van der Waals surface area contributed by atoms with Gasteiger partial charge in [-0.15, -0.1) is 0 Å². The van der Waals surface area contributed by atoms with Gasteiger partial charge in [0.25, 0.3) is 0 Å². The first kappa shape index (κ1) is 14.0. The summed E-state index contributed by atoms with van der Waals surface area (Å²) in [6.07, 6.45) is 1.14. The Hall–Kier alpha value is -1.44. The molecule has 0 aromatic carbocycles. The van der Waals surface area contributed by atoms with Gasteiger partial charge < -0.3 is 20.0 Å². The van der Waals surface area contributed by atoms with Gasteiger partial charge in [0.2, 0.25) is 0 Å². The molecule has 1 fully saturated rings. The lowest BCUT2D eigenvalue weighted by atomic mass is 10.2. The van der Waals surface area contributed by atoms with Crippen molar-refractivity contribution in [3.05, 3.63) is 11.9 Å².